The number of ketones is 1. The van der Waals surface area contributed by atoms with Crippen molar-refractivity contribution in [1.82, 2.24) is 4.98 Å². The highest BCUT2D eigenvalue weighted by Gasteiger charge is 2.06. The largest absolute Gasteiger partial charge is 0.487 e. The van der Waals surface area contributed by atoms with Crippen molar-refractivity contribution < 1.29 is 13.9 Å². The summed E-state index contributed by atoms with van der Waals surface area (Å²) in [4.78, 5) is 16.2. The van der Waals surface area contributed by atoms with E-state index in [1.165, 1.54) is 35.6 Å². The summed E-state index contributed by atoms with van der Waals surface area (Å²) in [6.07, 6.45) is 3.11. The van der Waals surface area contributed by atoms with Crippen LogP contribution in [0.5, 0.6) is 5.75 Å². The molecule has 6 heteroatoms. The molecule has 25 heavy (non-hydrogen) atoms. The molecule has 0 unspecified atom stereocenters. The van der Waals surface area contributed by atoms with E-state index < -0.39 is 5.82 Å². The number of carbonyl (C=O) groups is 1. The maximum Gasteiger partial charge on any atom is 0.185 e. The highest BCUT2D eigenvalue weighted by atomic mass is 35.5. The Bertz CT molecular complexity index is 892. The first kappa shape index (κ1) is 17.3. The van der Waals surface area contributed by atoms with Gasteiger partial charge in [-0.1, -0.05) is 29.8 Å². The van der Waals surface area contributed by atoms with Gasteiger partial charge in [0.2, 0.25) is 0 Å². The number of ether oxygens (including phenoxy) is 1. The number of aromatic nitrogens is 1. The van der Waals surface area contributed by atoms with Crippen LogP contribution in [-0.4, -0.2) is 10.8 Å². The van der Waals surface area contributed by atoms with Crippen molar-refractivity contribution in [2.75, 3.05) is 0 Å². The first-order valence-corrected chi connectivity index (χ1v) is 8.71. The molecular formula is C19H13ClFNO2S. The fraction of sp³-hybridized carbons (Fsp3) is 0.0526. The lowest BCUT2D eigenvalue weighted by molar-refractivity contribution is 0.104. The van der Waals surface area contributed by atoms with Crippen LogP contribution in [0.4, 0.5) is 4.39 Å². The Labute approximate surface area is 153 Å². The highest BCUT2D eigenvalue weighted by molar-refractivity contribution is 7.07. The second-order valence-electron chi connectivity index (χ2n) is 5.16. The van der Waals surface area contributed by atoms with Crippen LogP contribution in [0.2, 0.25) is 5.02 Å². The monoisotopic (exact) mass is 373 g/mol. The summed E-state index contributed by atoms with van der Waals surface area (Å²) >= 11 is 7.22. The van der Waals surface area contributed by atoms with E-state index >= 15 is 0 Å². The molecule has 0 aliphatic heterocycles. The molecule has 0 fully saturated rings. The minimum absolute atomic E-state index is 0.0686. The third kappa shape index (κ3) is 4.75. The minimum Gasteiger partial charge on any atom is -0.487 e. The molecule has 3 nitrogen and oxygen atoms in total. The molecule has 0 atom stereocenters. The Hall–Kier alpha value is -2.50. The van der Waals surface area contributed by atoms with Gasteiger partial charge in [0.05, 0.1) is 16.2 Å². The smallest absolute Gasteiger partial charge is 0.185 e. The van der Waals surface area contributed by atoms with Crippen LogP contribution in [0.25, 0.3) is 6.08 Å². The van der Waals surface area contributed by atoms with E-state index in [9.17, 15) is 9.18 Å². The van der Waals surface area contributed by atoms with Crippen molar-refractivity contribution in [3.63, 3.8) is 0 Å². The normalized spacial score (nSPS) is 11.0. The van der Waals surface area contributed by atoms with Crippen molar-refractivity contribution in [3.05, 3.63) is 87.1 Å². The summed E-state index contributed by atoms with van der Waals surface area (Å²) in [5.74, 6) is -0.0667. The Morgan fingerprint density at radius 2 is 2.04 bits per heavy atom. The third-order valence-corrected chi connectivity index (χ3v) is 4.31. The average Bonchev–Trinajstić information content (AvgIpc) is 3.14. The maximum absolute atomic E-state index is 13.1. The minimum atomic E-state index is -0.546. The van der Waals surface area contributed by atoms with E-state index in [0.717, 1.165) is 17.0 Å². The number of halogens is 2. The zero-order valence-electron chi connectivity index (χ0n) is 13.0. The van der Waals surface area contributed by atoms with Crippen LogP contribution in [0, 0.1) is 5.82 Å². The summed E-state index contributed by atoms with van der Waals surface area (Å²) in [5.41, 5.74) is 3.84. The molecule has 0 saturated heterocycles. The summed E-state index contributed by atoms with van der Waals surface area (Å²) in [6, 6.07) is 11.2. The second-order valence-corrected chi connectivity index (χ2v) is 6.29. The van der Waals surface area contributed by atoms with Crippen molar-refractivity contribution >= 4 is 34.8 Å². The van der Waals surface area contributed by atoms with Gasteiger partial charge < -0.3 is 4.74 Å². The number of hydrogen-bond acceptors (Lipinski definition) is 4. The van der Waals surface area contributed by atoms with Crippen molar-refractivity contribution in [2.45, 2.75) is 6.61 Å². The summed E-state index contributed by atoms with van der Waals surface area (Å²) in [5, 5.41) is 1.87. The number of benzene rings is 2. The summed E-state index contributed by atoms with van der Waals surface area (Å²) < 4.78 is 18.8. The molecule has 3 aromatic rings. The Morgan fingerprint density at radius 1 is 1.24 bits per heavy atom. The summed E-state index contributed by atoms with van der Waals surface area (Å²) in [6.45, 7) is 0.419. The molecule has 0 aliphatic carbocycles. The standard InChI is InChI=1S/C19H13ClFNO2S/c20-17-9-14(4-7-18(17)21)19(23)8-3-13-1-5-16(6-2-13)24-10-15-11-25-12-22-15/h1-9,11-12H,10H2. The molecule has 126 valence electrons. The molecule has 3 rings (SSSR count). The number of nitrogens with zero attached hydrogens (tertiary/aromatic N) is 1. The van der Waals surface area contributed by atoms with Crippen LogP contribution in [0.15, 0.2) is 59.4 Å². The van der Waals surface area contributed by atoms with Gasteiger partial charge in [-0.3, -0.25) is 4.79 Å². The number of allylic oxidation sites excluding steroid dienone is 1. The number of hydrogen-bond donors (Lipinski definition) is 0. The van der Waals surface area contributed by atoms with E-state index in [1.807, 2.05) is 29.6 Å². The van der Waals surface area contributed by atoms with Gasteiger partial charge in [-0.05, 0) is 42.0 Å². The van der Waals surface area contributed by atoms with Crippen molar-refractivity contribution in [1.29, 1.82) is 0 Å². The predicted octanol–water partition coefficient (Wildman–Crippen LogP) is 5.41. The van der Waals surface area contributed by atoms with Gasteiger partial charge in [0.15, 0.2) is 5.78 Å². The highest BCUT2D eigenvalue weighted by Crippen LogP contribution is 2.18. The van der Waals surface area contributed by atoms with Gasteiger partial charge in [0.1, 0.15) is 18.2 Å². The maximum atomic E-state index is 13.1. The molecule has 0 N–H and O–H groups in total. The van der Waals surface area contributed by atoms with E-state index in [2.05, 4.69) is 4.98 Å². The van der Waals surface area contributed by atoms with Gasteiger partial charge in [0.25, 0.3) is 0 Å². The Balaban J connectivity index is 1.61. The van der Waals surface area contributed by atoms with Crippen LogP contribution in [0.1, 0.15) is 21.6 Å². The molecule has 0 spiro atoms. The SMILES string of the molecule is O=C(C=Cc1ccc(OCc2cscn2)cc1)c1ccc(F)c(Cl)c1. The molecule has 0 radical (unpaired) electrons. The van der Waals surface area contributed by atoms with Crippen molar-refractivity contribution in [2.24, 2.45) is 0 Å². The van der Waals surface area contributed by atoms with Gasteiger partial charge in [-0.15, -0.1) is 11.3 Å². The van der Waals surface area contributed by atoms with E-state index in [4.69, 9.17) is 16.3 Å². The first-order valence-electron chi connectivity index (χ1n) is 7.39. The predicted molar refractivity (Wildman–Crippen MR) is 97.7 cm³/mol. The van der Waals surface area contributed by atoms with Crippen LogP contribution >= 0.6 is 22.9 Å². The molecule has 0 bridgehead atoms. The molecule has 1 aromatic heterocycles. The second kappa shape index (κ2) is 8.05. The third-order valence-electron chi connectivity index (χ3n) is 3.38. The van der Waals surface area contributed by atoms with Gasteiger partial charge in [-0.2, -0.15) is 0 Å². The topological polar surface area (TPSA) is 39.2 Å². The molecule has 0 saturated carbocycles. The summed E-state index contributed by atoms with van der Waals surface area (Å²) in [7, 11) is 0. The molecule has 0 amide bonds. The molecule has 0 aliphatic rings. The quantitative estimate of drug-likeness (QED) is 0.428. The van der Waals surface area contributed by atoms with Crippen LogP contribution < -0.4 is 4.74 Å². The lowest BCUT2D eigenvalue weighted by Crippen LogP contribution is -1.95. The van der Waals surface area contributed by atoms with Gasteiger partial charge in [0, 0.05) is 10.9 Å². The average molecular weight is 374 g/mol. The van der Waals surface area contributed by atoms with Crippen LogP contribution in [0.3, 0.4) is 0 Å². The fourth-order valence-corrected chi connectivity index (χ4v) is 2.78. The number of thiazole rings is 1. The first-order chi connectivity index (χ1) is 12.1. The van der Waals surface area contributed by atoms with E-state index in [0.29, 0.717) is 12.2 Å². The van der Waals surface area contributed by atoms with E-state index in [-0.39, 0.29) is 10.8 Å². The van der Waals surface area contributed by atoms with E-state index in [1.54, 1.807) is 11.6 Å². The zero-order valence-corrected chi connectivity index (χ0v) is 14.6. The molecule has 1 heterocycles. The van der Waals surface area contributed by atoms with Gasteiger partial charge in [-0.25, -0.2) is 9.37 Å². The lowest BCUT2D eigenvalue weighted by Gasteiger charge is -2.04. The van der Waals surface area contributed by atoms with Crippen LogP contribution in [-0.2, 0) is 6.61 Å². The molecular weight excluding hydrogens is 361 g/mol. The number of carbonyl (C=O) groups excluding carboxylic acids is 1. The van der Waals surface area contributed by atoms with Crippen molar-refractivity contribution in [3.8, 4) is 5.75 Å². The van der Waals surface area contributed by atoms with Gasteiger partial charge >= 0.3 is 0 Å². The Morgan fingerprint density at radius 3 is 2.72 bits per heavy atom. The lowest BCUT2D eigenvalue weighted by atomic mass is 10.1. The molecule has 2 aromatic carbocycles. The zero-order chi connectivity index (χ0) is 17.6. The Kier molecular flexibility index (Phi) is 5.58. The fourth-order valence-electron chi connectivity index (χ4n) is 2.06. The number of rotatable bonds is 6.